The summed E-state index contributed by atoms with van der Waals surface area (Å²) in [5, 5.41) is 4.16. The number of ether oxygens (including phenoxy) is 2. The average molecular weight is 443 g/mol. The first kappa shape index (κ1) is 22.0. The number of benzene rings is 2. The quantitative estimate of drug-likeness (QED) is 0.558. The monoisotopic (exact) mass is 443 g/mol. The summed E-state index contributed by atoms with van der Waals surface area (Å²) in [6, 6.07) is 12.3. The minimum Gasteiger partial charge on any atom is -0.465 e. The topological polar surface area (TPSA) is 117 Å². The van der Waals surface area contributed by atoms with Crippen molar-refractivity contribution in [1.29, 1.82) is 0 Å². The summed E-state index contributed by atoms with van der Waals surface area (Å²) in [5.74, 6) is -1.14. The van der Waals surface area contributed by atoms with Crippen LogP contribution in [0.25, 0.3) is 5.69 Å². The molecule has 0 fully saturated rings. The summed E-state index contributed by atoms with van der Waals surface area (Å²) in [6.45, 7) is 3.60. The molecule has 1 aromatic heterocycles. The van der Waals surface area contributed by atoms with Crippen LogP contribution in [0.15, 0.2) is 59.6 Å². The molecule has 0 aliphatic rings. The van der Waals surface area contributed by atoms with Crippen LogP contribution in [-0.4, -0.2) is 43.9 Å². The van der Waals surface area contributed by atoms with Crippen LogP contribution in [0.5, 0.6) is 0 Å². The van der Waals surface area contributed by atoms with Crippen LogP contribution in [0.1, 0.15) is 33.3 Å². The number of nitrogens with zero attached hydrogens (tertiary/aromatic N) is 2. The summed E-state index contributed by atoms with van der Waals surface area (Å²) in [7, 11) is -2.71. The van der Waals surface area contributed by atoms with Crippen molar-refractivity contribution in [3.8, 4) is 5.69 Å². The summed E-state index contributed by atoms with van der Waals surface area (Å²) in [4.78, 5) is 23.5. The van der Waals surface area contributed by atoms with E-state index in [1.807, 2.05) is 0 Å². The molecular weight excluding hydrogens is 422 g/mol. The van der Waals surface area contributed by atoms with Gasteiger partial charge >= 0.3 is 11.9 Å². The lowest BCUT2D eigenvalue weighted by Gasteiger charge is -2.12. The molecule has 3 aromatic rings. The molecule has 162 valence electrons. The first-order valence-electron chi connectivity index (χ1n) is 9.30. The van der Waals surface area contributed by atoms with Gasteiger partial charge in [-0.05, 0) is 61.9 Å². The molecule has 31 heavy (non-hydrogen) atoms. The molecular formula is C21H21N3O6S. The van der Waals surface area contributed by atoms with Crippen molar-refractivity contribution >= 4 is 27.6 Å². The van der Waals surface area contributed by atoms with Gasteiger partial charge in [-0.2, -0.15) is 5.10 Å². The number of hydrogen-bond donors (Lipinski definition) is 1. The smallest absolute Gasteiger partial charge is 0.358 e. The van der Waals surface area contributed by atoms with E-state index in [9.17, 15) is 18.0 Å². The number of aryl methyl sites for hydroxylation is 1. The highest BCUT2D eigenvalue weighted by atomic mass is 32.2. The number of aromatic nitrogens is 2. The number of hydrogen-bond acceptors (Lipinski definition) is 7. The molecule has 2 aromatic carbocycles. The lowest BCUT2D eigenvalue weighted by molar-refractivity contribution is 0.0518. The van der Waals surface area contributed by atoms with Crippen LogP contribution in [0.2, 0.25) is 0 Å². The molecule has 1 heterocycles. The maximum Gasteiger partial charge on any atom is 0.358 e. The van der Waals surface area contributed by atoms with E-state index in [4.69, 9.17) is 4.74 Å². The number of carbonyl (C=O) groups is 2. The second kappa shape index (κ2) is 9.00. The molecule has 0 atom stereocenters. The maximum absolute atomic E-state index is 12.8. The standard InChI is InChI=1S/C21H21N3O6S/c1-4-30-21(26)18-11-12-24(22-18)17-9-7-16(8-10-17)23-31(27,28)19-13-15(20(25)29-3)6-5-14(19)2/h5-13,23H,4H2,1-3H3. The largest absolute Gasteiger partial charge is 0.465 e. The molecule has 0 aliphatic heterocycles. The van der Waals surface area contributed by atoms with Gasteiger partial charge in [-0.1, -0.05) is 6.07 Å². The van der Waals surface area contributed by atoms with Gasteiger partial charge in [0.25, 0.3) is 10.0 Å². The van der Waals surface area contributed by atoms with E-state index < -0.39 is 22.0 Å². The fraction of sp³-hybridized carbons (Fsp3) is 0.190. The van der Waals surface area contributed by atoms with Crippen molar-refractivity contribution in [3.63, 3.8) is 0 Å². The van der Waals surface area contributed by atoms with Crippen molar-refractivity contribution in [2.24, 2.45) is 0 Å². The minimum atomic E-state index is -3.94. The molecule has 1 N–H and O–H groups in total. The van der Waals surface area contributed by atoms with Crippen molar-refractivity contribution < 1.29 is 27.5 Å². The Morgan fingerprint density at radius 3 is 2.42 bits per heavy atom. The third-order valence-corrected chi connectivity index (χ3v) is 5.88. The van der Waals surface area contributed by atoms with E-state index in [1.165, 1.54) is 30.0 Å². The van der Waals surface area contributed by atoms with E-state index in [2.05, 4.69) is 14.6 Å². The molecule has 0 saturated heterocycles. The van der Waals surface area contributed by atoms with Gasteiger partial charge in [-0.3, -0.25) is 4.72 Å². The third kappa shape index (κ3) is 4.92. The van der Waals surface area contributed by atoms with E-state index in [0.717, 1.165) is 0 Å². The number of carbonyl (C=O) groups excluding carboxylic acids is 2. The Labute approximate surface area is 179 Å². The second-order valence-corrected chi connectivity index (χ2v) is 8.14. The molecule has 3 rings (SSSR count). The highest BCUT2D eigenvalue weighted by Gasteiger charge is 2.20. The van der Waals surface area contributed by atoms with Crippen LogP contribution in [0.3, 0.4) is 0 Å². The number of sulfonamides is 1. The van der Waals surface area contributed by atoms with Gasteiger partial charge in [0.15, 0.2) is 5.69 Å². The van der Waals surface area contributed by atoms with Crippen LogP contribution >= 0.6 is 0 Å². The zero-order chi connectivity index (χ0) is 22.6. The van der Waals surface area contributed by atoms with Gasteiger partial charge in [0.2, 0.25) is 0 Å². The Morgan fingerprint density at radius 2 is 1.77 bits per heavy atom. The lowest BCUT2D eigenvalue weighted by Crippen LogP contribution is -2.15. The summed E-state index contributed by atoms with van der Waals surface area (Å²) in [6.07, 6.45) is 1.60. The second-order valence-electron chi connectivity index (χ2n) is 6.49. The van der Waals surface area contributed by atoms with Gasteiger partial charge in [0, 0.05) is 11.9 Å². The average Bonchev–Trinajstić information content (AvgIpc) is 3.24. The highest BCUT2D eigenvalue weighted by Crippen LogP contribution is 2.22. The maximum atomic E-state index is 12.8. The lowest BCUT2D eigenvalue weighted by atomic mass is 10.1. The zero-order valence-corrected chi connectivity index (χ0v) is 18.0. The molecule has 0 aliphatic carbocycles. The molecule has 0 saturated carbocycles. The van der Waals surface area contributed by atoms with E-state index in [-0.39, 0.29) is 22.8 Å². The number of methoxy groups -OCH3 is 1. The first-order valence-corrected chi connectivity index (χ1v) is 10.8. The Bertz CT molecular complexity index is 1220. The molecule has 0 spiro atoms. The fourth-order valence-electron chi connectivity index (χ4n) is 2.81. The summed E-state index contributed by atoms with van der Waals surface area (Å²) in [5.41, 5.74) is 1.75. The molecule has 0 radical (unpaired) electrons. The number of nitrogens with one attached hydrogen (secondary N) is 1. The van der Waals surface area contributed by atoms with E-state index >= 15 is 0 Å². The predicted molar refractivity (Wildman–Crippen MR) is 113 cm³/mol. The van der Waals surface area contributed by atoms with Crippen LogP contribution < -0.4 is 4.72 Å². The number of anilines is 1. The van der Waals surface area contributed by atoms with Crippen molar-refractivity contribution in [3.05, 3.63) is 71.5 Å². The minimum absolute atomic E-state index is 0.0226. The Balaban J connectivity index is 1.81. The fourth-order valence-corrected chi connectivity index (χ4v) is 4.14. The number of rotatable bonds is 7. The van der Waals surface area contributed by atoms with Crippen LogP contribution in [-0.2, 0) is 19.5 Å². The zero-order valence-electron chi connectivity index (χ0n) is 17.2. The van der Waals surface area contributed by atoms with Gasteiger partial charge in [-0.15, -0.1) is 0 Å². The summed E-state index contributed by atoms with van der Waals surface area (Å²) >= 11 is 0. The van der Waals surface area contributed by atoms with Crippen LogP contribution in [0.4, 0.5) is 5.69 Å². The first-order chi connectivity index (χ1) is 14.7. The molecule has 0 unspecified atom stereocenters. The predicted octanol–water partition coefficient (Wildman–Crippen LogP) is 2.94. The normalized spacial score (nSPS) is 11.1. The third-order valence-electron chi connectivity index (χ3n) is 4.36. The Kier molecular flexibility index (Phi) is 6.40. The van der Waals surface area contributed by atoms with Crippen molar-refractivity contribution in [1.82, 2.24) is 9.78 Å². The molecule has 9 nitrogen and oxygen atoms in total. The SMILES string of the molecule is CCOC(=O)c1ccn(-c2ccc(NS(=O)(=O)c3cc(C(=O)OC)ccc3C)cc2)n1. The van der Waals surface area contributed by atoms with Gasteiger partial charge < -0.3 is 9.47 Å². The van der Waals surface area contributed by atoms with Crippen molar-refractivity contribution in [2.75, 3.05) is 18.4 Å². The number of esters is 2. The van der Waals surface area contributed by atoms with Gasteiger partial charge in [0.1, 0.15) is 0 Å². The molecule has 10 heteroatoms. The van der Waals surface area contributed by atoms with Crippen molar-refractivity contribution in [2.45, 2.75) is 18.7 Å². The Morgan fingerprint density at radius 1 is 1.06 bits per heavy atom. The van der Waals surface area contributed by atoms with Gasteiger partial charge in [0.05, 0.1) is 29.9 Å². The van der Waals surface area contributed by atoms with Crippen LogP contribution in [0, 0.1) is 6.92 Å². The molecule has 0 bridgehead atoms. The highest BCUT2D eigenvalue weighted by molar-refractivity contribution is 7.92. The van der Waals surface area contributed by atoms with E-state index in [1.54, 1.807) is 50.4 Å². The van der Waals surface area contributed by atoms with E-state index in [0.29, 0.717) is 16.9 Å². The molecule has 0 amide bonds. The Hall–Kier alpha value is -3.66. The summed E-state index contributed by atoms with van der Waals surface area (Å²) < 4.78 is 39.2. The van der Waals surface area contributed by atoms with Gasteiger partial charge in [-0.25, -0.2) is 22.7 Å².